The number of aryl methyl sites for hydroxylation is 2. The average molecular weight is 331 g/mol. The predicted molar refractivity (Wildman–Crippen MR) is 90.0 cm³/mol. The lowest BCUT2D eigenvalue weighted by Crippen LogP contribution is -2.00. The van der Waals surface area contributed by atoms with E-state index in [1.807, 2.05) is 26.0 Å². The molecule has 0 radical (unpaired) electrons. The van der Waals surface area contributed by atoms with Gasteiger partial charge in [-0.3, -0.25) is 0 Å². The molecular weight excluding hydrogens is 314 g/mol. The van der Waals surface area contributed by atoms with Crippen molar-refractivity contribution in [1.82, 2.24) is 5.16 Å². The molecular formula is C17H17NO4S. The first-order valence-electron chi connectivity index (χ1n) is 7.18. The highest BCUT2D eigenvalue weighted by Gasteiger charge is 2.11. The van der Waals surface area contributed by atoms with Gasteiger partial charge in [-0.05, 0) is 31.5 Å². The molecule has 0 bridgehead atoms. The minimum atomic E-state index is -0.348. The highest BCUT2D eigenvalue weighted by molar-refractivity contribution is 7.97. The molecule has 0 aliphatic heterocycles. The van der Waals surface area contributed by atoms with Crippen molar-refractivity contribution in [1.29, 1.82) is 0 Å². The van der Waals surface area contributed by atoms with Gasteiger partial charge < -0.3 is 13.7 Å². The summed E-state index contributed by atoms with van der Waals surface area (Å²) in [5.41, 5.74) is 3.18. The molecule has 0 atom stereocenters. The van der Waals surface area contributed by atoms with E-state index >= 15 is 0 Å². The summed E-state index contributed by atoms with van der Waals surface area (Å²) in [4.78, 5) is 11.8. The molecule has 0 aliphatic carbocycles. The van der Waals surface area contributed by atoms with Gasteiger partial charge in [-0.1, -0.05) is 5.16 Å². The van der Waals surface area contributed by atoms with E-state index in [4.69, 9.17) is 13.7 Å². The third-order valence-electron chi connectivity index (χ3n) is 3.72. The third kappa shape index (κ3) is 3.27. The number of aromatic nitrogens is 1. The van der Waals surface area contributed by atoms with Gasteiger partial charge in [-0.15, -0.1) is 0 Å². The Balaban J connectivity index is 1.84. The second-order valence-electron chi connectivity index (χ2n) is 5.25. The summed E-state index contributed by atoms with van der Waals surface area (Å²) >= 11 is 1.71. The first-order chi connectivity index (χ1) is 11.1. The van der Waals surface area contributed by atoms with Crippen LogP contribution in [0.2, 0.25) is 0 Å². The molecule has 2 heterocycles. The van der Waals surface area contributed by atoms with Crippen molar-refractivity contribution < 1.29 is 13.7 Å². The molecule has 0 N–H and O–H groups in total. The van der Waals surface area contributed by atoms with Crippen molar-refractivity contribution >= 4 is 22.7 Å². The molecule has 0 aliphatic rings. The lowest BCUT2D eigenvalue weighted by molar-refractivity contribution is 0.392. The number of hydrogen-bond acceptors (Lipinski definition) is 6. The summed E-state index contributed by atoms with van der Waals surface area (Å²) in [6.07, 6.45) is 0. The Morgan fingerprint density at radius 1 is 1.22 bits per heavy atom. The van der Waals surface area contributed by atoms with Crippen molar-refractivity contribution in [2.24, 2.45) is 0 Å². The number of rotatable bonds is 5. The molecule has 0 unspecified atom stereocenters. The number of hydrogen-bond donors (Lipinski definition) is 0. The maximum absolute atomic E-state index is 11.8. The molecule has 0 amide bonds. The molecule has 6 heteroatoms. The Hall–Kier alpha value is -2.21. The van der Waals surface area contributed by atoms with Gasteiger partial charge in [0.1, 0.15) is 17.1 Å². The molecule has 120 valence electrons. The van der Waals surface area contributed by atoms with Crippen LogP contribution in [-0.2, 0) is 11.5 Å². The molecule has 3 aromatic rings. The summed E-state index contributed by atoms with van der Waals surface area (Å²) in [5, 5.41) is 4.89. The van der Waals surface area contributed by atoms with E-state index in [1.54, 1.807) is 31.0 Å². The van der Waals surface area contributed by atoms with Gasteiger partial charge in [0.05, 0.1) is 12.8 Å². The number of methoxy groups -OCH3 is 1. The van der Waals surface area contributed by atoms with Crippen LogP contribution in [-0.4, -0.2) is 12.3 Å². The second kappa shape index (κ2) is 6.50. The van der Waals surface area contributed by atoms with Crippen molar-refractivity contribution in [2.45, 2.75) is 25.4 Å². The first kappa shape index (κ1) is 15.7. The summed E-state index contributed by atoms with van der Waals surface area (Å²) < 4.78 is 15.6. The van der Waals surface area contributed by atoms with Crippen molar-refractivity contribution in [2.75, 3.05) is 7.11 Å². The topological polar surface area (TPSA) is 65.5 Å². The fourth-order valence-electron chi connectivity index (χ4n) is 2.43. The predicted octanol–water partition coefficient (Wildman–Crippen LogP) is 3.84. The third-order valence-corrected chi connectivity index (χ3v) is 4.73. The lowest BCUT2D eigenvalue weighted by atomic mass is 10.1. The van der Waals surface area contributed by atoms with Crippen LogP contribution < -0.4 is 10.4 Å². The quantitative estimate of drug-likeness (QED) is 0.662. The largest absolute Gasteiger partial charge is 0.497 e. The lowest BCUT2D eigenvalue weighted by Gasteiger charge is -2.07. The first-order valence-corrected chi connectivity index (χ1v) is 8.34. The van der Waals surface area contributed by atoms with Gasteiger partial charge in [0.25, 0.3) is 0 Å². The average Bonchev–Trinajstić information content (AvgIpc) is 2.85. The summed E-state index contributed by atoms with van der Waals surface area (Å²) in [5.74, 6) is 3.01. The summed E-state index contributed by atoms with van der Waals surface area (Å²) in [6, 6.07) is 7.07. The Morgan fingerprint density at radius 3 is 2.74 bits per heavy atom. The van der Waals surface area contributed by atoms with E-state index in [1.165, 1.54) is 0 Å². The zero-order valence-corrected chi connectivity index (χ0v) is 14.0. The zero-order chi connectivity index (χ0) is 16.4. The van der Waals surface area contributed by atoms with Crippen molar-refractivity contribution in [3.63, 3.8) is 0 Å². The van der Waals surface area contributed by atoms with Gasteiger partial charge >= 0.3 is 5.63 Å². The molecule has 1 aromatic carbocycles. The number of thioether (sulfide) groups is 1. The highest BCUT2D eigenvalue weighted by atomic mass is 32.2. The van der Waals surface area contributed by atoms with Crippen LogP contribution in [0.1, 0.15) is 22.6 Å². The maximum atomic E-state index is 11.8. The van der Waals surface area contributed by atoms with E-state index in [9.17, 15) is 4.79 Å². The van der Waals surface area contributed by atoms with Gasteiger partial charge in [0, 0.05) is 34.6 Å². The SMILES string of the molecule is COc1ccc2c(CSCc3c(C)noc3C)cc(=O)oc2c1. The maximum Gasteiger partial charge on any atom is 0.336 e. The molecule has 2 aromatic heterocycles. The van der Waals surface area contributed by atoms with Gasteiger partial charge in [0.2, 0.25) is 0 Å². The van der Waals surface area contributed by atoms with E-state index in [0.29, 0.717) is 17.1 Å². The zero-order valence-electron chi connectivity index (χ0n) is 13.2. The smallest absolute Gasteiger partial charge is 0.336 e. The van der Waals surface area contributed by atoms with E-state index in [0.717, 1.165) is 33.7 Å². The van der Waals surface area contributed by atoms with Crippen LogP contribution in [0.25, 0.3) is 11.0 Å². The number of benzene rings is 1. The highest BCUT2D eigenvalue weighted by Crippen LogP contribution is 2.27. The van der Waals surface area contributed by atoms with E-state index in [-0.39, 0.29) is 5.63 Å². The van der Waals surface area contributed by atoms with Crippen molar-refractivity contribution in [3.05, 3.63) is 57.3 Å². The molecule has 5 nitrogen and oxygen atoms in total. The molecule has 0 saturated heterocycles. The minimum absolute atomic E-state index is 0.348. The Kier molecular flexibility index (Phi) is 4.43. The molecule has 0 fully saturated rings. The Morgan fingerprint density at radius 2 is 2.04 bits per heavy atom. The molecule has 23 heavy (non-hydrogen) atoms. The van der Waals surface area contributed by atoms with Gasteiger partial charge in [-0.2, -0.15) is 11.8 Å². The van der Waals surface area contributed by atoms with Crippen LogP contribution in [0, 0.1) is 13.8 Å². The number of nitrogens with zero attached hydrogens (tertiary/aromatic N) is 1. The Bertz CT molecular complexity index is 878. The van der Waals surface area contributed by atoms with Gasteiger partial charge in [-0.25, -0.2) is 4.79 Å². The van der Waals surface area contributed by atoms with E-state index < -0.39 is 0 Å². The standard InChI is InChI=1S/C17H17NO4S/c1-10-15(11(2)22-18-10)9-23-8-12-6-17(19)21-16-7-13(20-3)4-5-14(12)16/h4-7H,8-9H2,1-3H3. The molecule has 3 rings (SSSR count). The van der Waals surface area contributed by atoms with Crippen LogP contribution in [0.15, 0.2) is 38.0 Å². The molecule has 0 saturated carbocycles. The second-order valence-corrected chi connectivity index (χ2v) is 6.23. The normalized spacial score (nSPS) is 11.1. The van der Waals surface area contributed by atoms with Gasteiger partial charge in [0.15, 0.2) is 0 Å². The Labute approximate surface area is 137 Å². The summed E-state index contributed by atoms with van der Waals surface area (Å²) in [7, 11) is 1.59. The van der Waals surface area contributed by atoms with Crippen LogP contribution in [0.3, 0.4) is 0 Å². The fraction of sp³-hybridized carbons (Fsp3) is 0.294. The summed E-state index contributed by atoms with van der Waals surface area (Å²) in [6.45, 7) is 3.85. The molecule has 0 spiro atoms. The van der Waals surface area contributed by atoms with Crippen LogP contribution in [0.5, 0.6) is 5.75 Å². The monoisotopic (exact) mass is 331 g/mol. The fourth-order valence-corrected chi connectivity index (χ4v) is 3.60. The van der Waals surface area contributed by atoms with Crippen LogP contribution in [0.4, 0.5) is 0 Å². The van der Waals surface area contributed by atoms with E-state index in [2.05, 4.69) is 5.16 Å². The van der Waals surface area contributed by atoms with Crippen LogP contribution >= 0.6 is 11.8 Å². The number of ether oxygens (including phenoxy) is 1. The number of fused-ring (bicyclic) bond motifs is 1. The van der Waals surface area contributed by atoms with Crippen molar-refractivity contribution in [3.8, 4) is 5.75 Å². The minimum Gasteiger partial charge on any atom is -0.497 e.